The van der Waals surface area contributed by atoms with Gasteiger partial charge in [-0.05, 0) is 25.7 Å². The molecule has 0 unspecified atom stereocenters. The van der Waals surface area contributed by atoms with Crippen LogP contribution in [0.25, 0.3) is 0 Å². The van der Waals surface area contributed by atoms with Crippen LogP contribution in [0.5, 0.6) is 0 Å². The van der Waals surface area contributed by atoms with Crippen molar-refractivity contribution in [1.29, 1.82) is 0 Å². The predicted octanol–water partition coefficient (Wildman–Crippen LogP) is 5.89. The number of alkyl halides is 9. The third kappa shape index (κ3) is 8.61. The summed E-state index contributed by atoms with van der Waals surface area (Å²) >= 11 is 0. The van der Waals surface area contributed by atoms with Crippen molar-refractivity contribution >= 4 is 10.1 Å². The minimum absolute atomic E-state index is 1.18. The Morgan fingerprint density at radius 1 is 0.794 bits per heavy atom. The zero-order valence-corrected chi connectivity index (χ0v) is 19.5. The van der Waals surface area contributed by atoms with Gasteiger partial charge < -0.3 is 4.55 Å². The van der Waals surface area contributed by atoms with Gasteiger partial charge in [-0.25, -0.2) is 17.6 Å². The Morgan fingerprint density at radius 3 is 1.76 bits per heavy atom. The van der Waals surface area contributed by atoms with Crippen molar-refractivity contribution in [2.75, 3.05) is 0 Å². The highest BCUT2D eigenvalue weighted by molar-refractivity contribution is 7.86. The van der Waals surface area contributed by atoms with Gasteiger partial charge in [0, 0.05) is 0 Å². The van der Waals surface area contributed by atoms with Gasteiger partial charge in [-0.3, -0.25) is 0 Å². The van der Waals surface area contributed by atoms with Crippen LogP contribution >= 0.6 is 0 Å². The number of unbranched alkanes of at least 4 members (excludes halogenated alkanes) is 6. The van der Waals surface area contributed by atoms with Crippen LogP contribution in [0.2, 0.25) is 0 Å². The van der Waals surface area contributed by atoms with Gasteiger partial charge in [0.15, 0.2) is 10.1 Å². The minimum atomic E-state index is -7.43. The van der Waals surface area contributed by atoms with Gasteiger partial charge >= 0.3 is 23.3 Å². The van der Waals surface area contributed by atoms with Crippen LogP contribution < -0.4 is 4.57 Å². The third-order valence-corrected chi connectivity index (χ3v) is 5.60. The van der Waals surface area contributed by atoms with Crippen LogP contribution in [-0.4, -0.2) is 40.8 Å². The first kappa shape index (κ1) is 32.5. The van der Waals surface area contributed by atoms with Gasteiger partial charge in [-0.15, -0.1) is 0 Å². The standard InChI is InChI=1S/C15H29N2.C4HF9O3S/c1-3-5-7-8-10-12-17-14-13-16(15-17)11-9-6-4-2;5-1(6,3(9,10)11)2(7,8)4(12,13)17(14,15)16/h13-15H,3-12H2,1-2H3;(H,14,15,16)/q+1;/p-1. The van der Waals surface area contributed by atoms with Gasteiger partial charge in [0.05, 0.1) is 13.1 Å². The molecule has 0 saturated carbocycles. The average Bonchev–Trinajstić information content (AvgIpc) is 3.14. The highest BCUT2D eigenvalue weighted by atomic mass is 32.2. The van der Waals surface area contributed by atoms with Crippen molar-refractivity contribution < 1.29 is 57.1 Å². The van der Waals surface area contributed by atoms with Crippen molar-refractivity contribution in [1.82, 2.24) is 4.57 Å². The molecule has 1 aromatic heterocycles. The second kappa shape index (κ2) is 13.0. The van der Waals surface area contributed by atoms with Crippen LogP contribution in [0.3, 0.4) is 0 Å². The lowest BCUT2D eigenvalue weighted by atomic mass is 10.1. The predicted molar refractivity (Wildman–Crippen MR) is 104 cm³/mol. The van der Waals surface area contributed by atoms with Crippen molar-refractivity contribution in [3.8, 4) is 0 Å². The van der Waals surface area contributed by atoms with Gasteiger partial charge in [-0.2, -0.15) is 39.5 Å². The molecule has 0 N–H and O–H groups in total. The number of nitrogens with zero attached hydrogens (tertiary/aromatic N) is 2. The Morgan fingerprint density at radius 2 is 1.29 bits per heavy atom. The summed E-state index contributed by atoms with van der Waals surface area (Å²) in [6.07, 6.45) is 10.3. The van der Waals surface area contributed by atoms with E-state index in [2.05, 4.69) is 41.7 Å². The maximum absolute atomic E-state index is 12.2. The van der Waals surface area contributed by atoms with Crippen LogP contribution in [-0.2, 0) is 23.2 Å². The van der Waals surface area contributed by atoms with E-state index < -0.39 is 33.4 Å². The first-order valence-electron chi connectivity index (χ1n) is 10.6. The minimum Gasteiger partial charge on any atom is -0.743 e. The number of rotatable bonds is 13. The van der Waals surface area contributed by atoms with Crippen molar-refractivity contribution in [3.63, 3.8) is 0 Å². The number of aromatic nitrogens is 2. The smallest absolute Gasteiger partial charge is 0.460 e. The van der Waals surface area contributed by atoms with E-state index >= 15 is 0 Å². The fraction of sp³-hybridized carbons (Fsp3) is 0.842. The van der Waals surface area contributed by atoms with Crippen LogP contribution in [0.15, 0.2) is 18.7 Å². The molecule has 0 bridgehead atoms. The van der Waals surface area contributed by atoms with Gasteiger partial charge in [0.1, 0.15) is 12.4 Å². The molecule has 0 aliphatic rings. The fourth-order valence-electron chi connectivity index (χ4n) is 2.66. The van der Waals surface area contributed by atoms with Crippen molar-refractivity contribution in [2.24, 2.45) is 0 Å². The van der Waals surface area contributed by atoms with Crippen molar-refractivity contribution in [2.45, 2.75) is 102 Å². The van der Waals surface area contributed by atoms with E-state index in [0.29, 0.717) is 0 Å². The number of imidazole rings is 1. The summed E-state index contributed by atoms with van der Waals surface area (Å²) in [4.78, 5) is 0. The summed E-state index contributed by atoms with van der Waals surface area (Å²) < 4.78 is 140. The summed E-state index contributed by atoms with van der Waals surface area (Å²) in [5.74, 6) is -14.8. The molecule has 0 aliphatic heterocycles. The SMILES string of the molecule is CCCCCCCn1cc[n+](CCCCC)c1.O=S(=O)([O-])C(F)(F)C(F)(F)C(F)(F)C(F)(F)F. The molecule has 34 heavy (non-hydrogen) atoms. The van der Waals surface area contributed by atoms with Gasteiger partial charge in [-0.1, -0.05) is 39.5 Å². The molecular weight excluding hydrogens is 507 g/mol. The Balaban J connectivity index is 0.000000641. The van der Waals surface area contributed by atoms with E-state index in [1.807, 2.05) is 0 Å². The number of hydrogen-bond acceptors (Lipinski definition) is 3. The summed E-state index contributed by atoms with van der Waals surface area (Å²) in [6, 6.07) is 0. The quantitative estimate of drug-likeness (QED) is 0.137. The molecule has 0 aliphatic carbocycles. The Labute approximate surface area is 192 Å². The molecule has 0 saturated heterocycles. The highest BCUT2D eigenvalue weighted by Crippen LogP contribution is 2.54. The van der Waals surface area contributed by atoms with E-state index in [4.69, 9.17) is 0 Å². The van der Waals surface area contributed by atoms with E-state index in [9.17, 15) is 52.5 Å². The first-order chi connectivity index (χ1) is 15.4. The van der Waals surface area contributed by atoms with Gasteiger partial charge in [0.2, 0.25) is 6.33 Å². The first-order valence-corrected chi connectivity index (χ1v) is 12.0. The lowest BCUT2D eigenvalue weighted by molar-refractivity contribution is -0.696. The summed E-state index contributed by atoms with van der Waals surface area (Å²) in [7, 11) is -7.42. The average molecular weight is 537 g/mol. The maximum Gasteiger partial charge on any atom is 0.460 e. The zero-order valence-electron chi connectivity index (χ0n) is 18.7. The molecule has 0 aromatic carbocycles. The molecule has 0 fully saturated rings. The van der Waals surface area contributed by atoms with E-state index in [1.54, 1.807) is 0 Å². The normalized spacial score (nSPS) is 13.5. The molecule has 0 atom stereocenters. The lowest BCUT2D eigenvalue weighted by Gasteiger charge is -2.34. The summed E-state index contributed by atoms with van der Waals surface area (Å²) in [5.41, 5.74) is 0. The Bertz CT molecular complexity index is 825. The molecule has 5 nitrogen and oxygen atoms in total. The number of aryl methyl sites for hydroxylation is 2. The van der Waals surface area contributed by atoms with Crippen molar-refractivity contribution in [3.05, 3.63) is 18.7 Å². The molecule has 0 radical (unpaired) electrons. The van der Waals surface area contributed by atoms with Gasteiger partial charge in [0.25, 0.3) is 0 Å². The largest absolute Gasteiger partial charge is 0.743 e. The van der Waals surface area contributed by atoms with Crippen LogP contribution in [0.4, 0.5) is 39.5 Å². The molecule has 1 aromatic rings. The third-order valence-electron chi connectivity index (χ3n) is 4.72. The number of halogens is 9. The Kier molecular flexibility index (Phi) is 12.4. The summed E-state index contributed by atoms with van der Waals surface area (Å²) in [6.45, 7) is 6.89. The fourth-order valence-corrected chi connectivity index (χ4v) is 3.11. The zero-order chi connectivity index (χ0) is 26.8. The highest BCUT2D eigenvalue weighted by Gasteiger charge is 2.83. The number of hydrogen-bond donors (Lipinski definition) is 0. The van der Waals surface area contributed by atoms with E-state index in [1.165, 1.54) is 64.5 Å². The van der Waals surface area contributed by atoms with Crippen LogP contribution in [0, 0.1) is 0 Å². The molecule has 15 heteroatoms. The molecular formula is C19H29F9N2O3S. The van der Waals surface area contributed by atoms with E-state index in [0.717, 1.165) is 0 Å². The molecule has 1 rings (SSSR count). The molecule has 1 heterocycles. The van der Waals surface area contributed by atoms with Crippen LogP contribution in [0.1, 0.15) is 65.2 Å². The second-order valence-corrected chi connectivity index (χ2v) is 9.05. The van der Waals surface area contributed by atoms with E-state index in [-0.39, 0.29) is 0 Å². The summed E-state index contributed by atoms with van der Waals surface area (Å²) in [5, 5.41) is -7.11. The maximum atomic E-state index is 12.2. The molecule has 0 amide bonds. The topological polar surface area (TPSA) is 66.0 Å². The second-order valence-electron chi connectivity index (χ2n) is 7.63. The Hall–Kier alpha value is -1.51. The molecule has 0 spiro atoms. The lowest BCUT2D eigenvalue weighted by Crippen LogP contribution is -2.63. The molecule has 202 valence electrons. The monoisotopic (exact) mass is 536 g/mol.